The maximum atomic E-state index is 12.5. The smallest absolute Gasteiger partial charge is 0.270 e. The molecular weight excluding hydrogens is 326 g/mol. The second-order valence-corrected chi connectivity index (χ2v) is 6.02. The lowest BCUT2D eigenvalue weighted by Crippen LogP contribution is -2.27. The van der Waals surface area contributed by atoms with E-state index < -0.39 is 0 Å². The normalized spacial score (nSPS) is 12.0. The molecule has 1 N–H and O–H groups in total. The molecule has 2 heterocycles. The Morgan fingerprint density at radius 3 is 2.62 bits per heavy atom. The molecule has 2 aromatic heterocycles. The standard InChI is InChI=1S/C20H17N5O/c1-14(15-6-9-17(10-7-15)25-13-21-12-22-25)23-20(26)19-11-8-16-4-2-3-5-18(16)24-19/h2-14H,1H3,(H,23,26). The van der Waals surface area contributed by atoms with Crippen LogP contribution < -0.4 is 5.32 Å². The fourth-order valence-electron chi connectivity index (χ4n) is 2.80. The van der Waals surface area contributed by atoms with Gasteiger partial charge in [0, 0.05) is 5.39 Å². The van der Waals surface area contributed by atoms with Gasteiger partial charge in [0.15, 0.2) is 0 Å². The number of para-hydroxylation sites is 1. The van der Waals surface area contributed by atoms with Crippen LogP contribution in [0, 0.1) is 0 Å². The largest absolute Gasteiger partial charge is 0.344 e. The average Bonchev–Trinajstić information content (AvgIpc) is 3.22. The summed E-state index contributed by atoms with van der Waals surface area (Å²) in [5, 5.41) is 8.11. The van der Waals surface area contributed by atoms with Crippen LogP contribution in [-0.4, -0.2) is 25.7 Å². The highest BCUT2D eigenvalue weighted by Crippen LogP contribution is 2.17. The van der Waals surface area contributed by atoms with Crippen LogP contribution in [0.15, 0.2) is 73.3 Å². The topological polar surface area (TPSA) is 72.7 Å². The van der Waals surface area contributed by atoms with Gasteiger partial charge in [0.05, 0.1) is 17.2 Å². The quantitative estimate of drug-likeness (QED) is 0.617. The third-order valence-electron chi connectivity index (χ3n) is 4.26. The van der Waals surface area contributed by atoms with Gasteiger partial charge in [-0.15, -0.1) is 0 Å². The van der Waals surface area contributed by atoms with Gasteiger partial charge < -0.3 is 5.32 Å². The molecule has 2 aromatic carbocycles. The van der Waals surface area contributed by atoms with Crippen LogP contribution in [0.3, 0.4) is 0 Å². The maximum Gasteiger partial charge on any atom is 0.270 e. The van der Waals surface area contributed by atoms with E-state index in [2.05, 4.69) is 20.4 Å². The molecule has 0 saturated carbocycles. The molecule has 0 radical (unpaired) electrons. The van der Waals surface area contributed by atoms with Gasteiger partial charge in [0.2, 0.25) is 0 Å². The molecule has 0 saturated heterocycles. The zero-order valence-electron chi connectivity index (χ0n) is 14.2. The number of pyridine rings is 1. The van der Waals surface area contributed by atoms with Crippen molar-refractivity contribution in [1.29, 1.82) is 0 Å². The van der Waals surface area contributed by atoms with Crippen molar-refractivity contribution in [2.45, 2.75) is 13.0 Å². The van der Waals surface area contributed by atoms with Crippen LogP contribution in [0.2, 0.25) is 0 Å². The summed E-state index contributed by atoms with van der Waals surface area (Å²) in [6.07, 6.45) is 3.14. The second kappa shape index (κ2) is 6.76. The summed E-state index contributed by atoms with van der Waals surface area (Å²) >= 11 is 0. The number of carbonyl (C=O) groups excluding carboxylic acids is 1. The van der Waals surface area contributed by atoms with Gasteiger partial charge in [-0.1, -0.05) is 36.4 Å². The number of hydrogen-bond donors (Lipinski definition) is 1. The van der Waals surface area contributed by atoms with E-state index in [4.69, 9.17) is 0 Å². The highest BCUT2D eigenvalue weighted by atomic mass is 16.1. The molecule has 6 nitrogen and oxygen atoms in total. The van der Waals surface area contributed by atoms with E-state index >= 15 is 0 Å². The number of amides is 1. The van der Waals surface area contributed by atoms with Crippen molar-refractivity contribution in [3.05, 3.63) is 84.6 Å². The minimum atomic E-state index is -0.191. The molecule has 1 unspecified atom stereocenters. The van der Waals surface area contributed by atoms with Crippen molar-refractivity contribution >= 4 is 16.8 Å². The molecule has 0 fully saturated rings. The molecule has 1 amide bonds. The predicted molar refractivity (Wildman–Crippen MR) is 99.0 cm³/mol. The van der Waals surface area contributed by atoms with Crippen LogP contribution in [0.4, 0.5) is 0 Å². The van der Waals surface area contributed by atoms with E-state index in [1.54, 1.807) is 17.1 Å². The predicted octanol–water partition coefficient (Wildman–Crippen LogP) is 3.31. The second-order valence-electron chi connectivity index (χ2n) is 6.02. The van der Waals surface area contributed by atoms with Crippen molar-refractivity contribution in [1.82, 2.24) is 25.1 Å². The zero-order valence-corrected chi connectivity index (χ0v) is 14.2. The summed E-state index contributed by atoms with van der Waals surface area (Å²) in [6.45, 7) is 1.95. The molecule has 0 bridgehead atoms. The molecule has 0 aliphatic carbocycles. The first-order valence-corrected chi connectivity index (χ1v) is 8.32. The first-order valence-electron chi connectivity index (χ1n) is 8.32. The van der Waals surface area contributed by atoms with Crippen molar-refractivity contribution in [3.8, 4) is 5.69 Å². The Morgan fingerprint density at radius 2 is 1.85 bits per heavy atom. The number of nitrogens with zero attached hydrogens (tertiary/aromatic N) is 4. The third-order valence-corrected chi connectivity index (χ3v) is 4.26. The van der Waals surface area contributed by atoms with Crippen molar-refractivity contribution in [2.75, 3.05) is 0 Å². The SMILES string of the molecule is CC(NC(=O)c1ccc2ccccc2n1)c1ccc(-n2cncn2)cc1. The number of benzene rings is 2. The molecule has 1 atom stereocenters. The summed E-state index contributed by atoms with van der Waals surface area (Å²) in [5.74, 6) is -0.191. The Labute approximate surface area is 150 Å². The highest BCUT2D eigenvalue weighted by molar-refractivity contribution is 5.95. The fourth-order valence-corrected chi connectivity index (χ4v) is 2.80. The number of fused-ring (bicyclic) bond motifs is 1. The first-order chi connectivity index (χ1) is 12.7. The molecule has 0 spiro atoms. The van der Waals surface area contributed by atoms with Gasteiger partial charge in [-0.3, -0.25) is 4.79 Å². The Kier molecular flexibility index (Phi) is 4.15. The van der Waals surface area contributed by atoms with Crippen LogP contribution >= 0.6 is 0 Å². The van der Waals surface area contributed by atoms with Gasteiger partial charge in [-0.2, -0.15) is 5.10 Å². The summed E-state index contributed by atoms with van der Waals surface area (Å²) in [4.78, 5) is 20.9. The Balaban J connectivity index is 1.49. The van der Waals surface area contributed by atoms with E-state index in [1.807, 2.05) is 61.5 Å². The van der Waals surface area contributed by atoms with Crippen molar-refractivity contribution < 1.29 is 4.79 Å². The van der Waals surface area contributed by atoms with Crippen molar-refractivity contribution in [2.24, 2.45) is 0 Å². The van der Waals surface area contributed by atoms with Crippen LogP contribution in [0.5, 0.6) is 0 Å². The lowest BCUT2D eigenvalue weighted by Gasteiger charge is -2.15. The summed E-state index contributed by atoms with van der Waals surface area (Å²) in [7, 11) is 0. The molecule has 0 aliphatic heterocycles. The minimum Gasteiger partial charge on any atom is -0.344 e. The Bertz CT molecular complexity index is 1040. The molecule has 4 rings (SSSR count). The summed E-state index contributed by atoms with van der Waals surface area (Å²) in [5.41, 5.74) is 3.14. The average molecular weight is 343 g/mol. The highest BCUT2D eigenvalue weighted by Gasteiger charge is 2.13. The van der Waals surface area contributed by atoms with Crippen LogP contribution in [0.1, 0.15) is 29.0 Å². The lowest BCUT2D eigenvalue weighted by atomic mass is 10.1. The Hall–Kier alpha value is -3.54. The van der Waals surface area contributed by atoms with Gasteiger partial charge in [0.25, 0.3) is 5.91 Å². The van der Waals surface area contributed by atoms with Crippen molar-refractivity contribution in [3.63, 3.8) is 0 Å². The molecule has 128 valence electrons. The van der Waals surface area contributed by atoms with Crippen LogP contribution in [-0.2, 0) is 0 Å². The monoisotopic (exact) mass is 343 g/mol. The number of hydrogen-bond acceptors (Lipinski definition) is 4. The summed E-state index contributed by atoms with van der Waals surface area (Å²) < 4.78 is 1.69. The fraction of sp³-hybridized carbons (Fsp3) is 0.100. The van der Waals surface area contributed by atoms with Gasteiger partial charge in [0.1, 0.15) is 18.3 Å². The molecular formula is C20H17N5O. The van der Waals surface area contributed by atoms with E-state index in [1.165, 1.54) is 6.33 Å². The number of rotatable bonds is 4. The molecule has 0 aliphatic rings. The van der Waals surface area contributed by atoms with Gasteiger partial charge in [-0.25, -0.2) is 14.6 Å². The minimum absolute atomic E-state index is 0.138. The molecule has 26 heavy (non-hydrogen) atoms. The third kappa shape index (κ3) is 3.17. The van der Waals surface area contributed by atoms with Crippen LogP contribution in [0.25, 0.3) is 16.6 Å². The van der Waals surface area contributed by atoms with E-state index in [0.717, 1.165) is 22.2 Å². The molecule has 4 aromatic rings. The number of aromatic nitrogens is 4. The van der Waals surface area contributed by atoms with E-state index in [9.17, 15) is 4.79 Å². The van der Waals surface area contributed by atoms with Gasteiger partial charge in [-0.05, 0) is 36.8 Å². The maximum absolute atomic E-state index is 12.5. The molecule has 6 heteroatoms. The van der Waals surface area contributed by atoms with E-state index in [-0.39, 0.29) is 11.9 Å². The van der Waals surface area contributed by atoms with Gasteiger partial charge >= 0.3 is 0 Å². The Morgan fingerprint density at radius 1 is 1.04 bits per heavy atom. The van der Waals surface area contributed by atoms with E-state index in [0.29, 0.717) is 5.69 Å². The first kappa shape index (κ1) is 16.0. The zero-order chi connectivity index (χ0) is 17.9. The number of carbonyl (C=O) groups is 1. The summed E-state index contributed by atoms with van der Waals surface area (Å²) in [6, 6.07) is 19.1. The number of nitrogens with one attached hydrogen (secondary N) is 1. The lowest BCUT2D eigenvalue weighted by molar-refractivity contribution is 0.0935.